The Morgan fingerprint density at radius 1 is 0.704 bits per heavy atom. The Kier molecular flexibility index (Phi) is 3.53. The Bertz CT molecular complexity index is 607. The molecular formula is C24H34O3. The minimum Gasteiger partial charge on any atom is -0.454 e. The molecule has 0 heterocycles. The molecular weight excluding hydrogens is 336 g/mol. The van der Waals surface area contributed by atoms with E-state index in [2.05, 4.69) is 0 Å². The fourth-order valence-electron chi connectivity index (χ4n) is 9.81. The topological polar surface area (TPSA) is 43.4 Å². The van der Waals surface area contributed by atoms with Gasteiger partial charge in [0.1, 0.15) is 0 Å². The normalized spacial score (nSPS) is 52.8. The van der Waals surface area contributed by atoms with Crippen LogP contribution in [0.15, 0.2) is 0 Å². The van der Waals surface area contributed by atoms with Gasteiger partial charge in [-0.3, -0.25) is 9.59 Å². The van der Waals surface area contributed by atoms with Gasteiger partial charge in [0.15, 0.2) is 11.9 Å². The minimum absolute atomic E-state index is 0.0269. The van der Waals surface area contributed by atoms with Gasteiger partial charge in [-0.2, -0.15) is 0 Å². The maximum absolute atomic E-state index is 14.2. The Labute approximate surface area is 163 Å². The first-order valence-corrected chi connectivity index (χ1v) is 11.6. The van der Waals surface area contributed by atoms with Gasteiger partial charge in [0.05, 0.1) is 0 Å². The molecule has 27 heavy (non-hydrogen) atoms. The monoisotopic (exact) mass is 370 g/mol. The standard InChI is InChI=1S/C24H34O3/c1-14(25)27-22(24-11-18-5-19(12-24)7-20(6-18)13-24)21(26)23-8-15-2-16(9-23)4-17(3-15)10-23/h15-20,22H,2-13H2,1H3. The quantitative estimate of drug-likeness (QED) is 0.660. The number of esters is 1. The molecule has 8 fully saturated rings. The van der Waals surface area contributed by atoms with Crippen LogP contribution in [0.1, 0.15) is 84.0 Å². The molecule has 8 aliphatic carbocycles. The largest absolute Gasteiger partial charge is 0.454 e. The molecule has 148 valence electrons. The maximum atomic E-state index is 14.2. The average molecular weight is 371 g/mol. The van der Waals surface area contributed by atoms with Crippen LogP contribution in [-0.4, -0.2) is 17.9 Å². The summed E-state index contributed by atoms with van der Waals surface area (Å²) < 4.78 is 6.00. The first-order chi connectivity index (χ1) is 12.9. The number of carbonyl (C=O) groups is 2. The number of carbonyl (C=O) groups excluding carboxylic acids is 2. The van der Waals surface area contributed by atoms with Crippen LogP contribution >= 0.6 is 0 Å². The van der Waals surface area contributed by atoms with E-state index < -0.39 is 6.10 Å². The van der Waals surface area contributed by atoms with E-state index in [1.165, 1.54) is 45.4 Å². The third kappa shape index (κ3) is 2.52. The van der Waals surface area contributed by atoms with Gasteiger partial charge in [-0.1, -0.05) is 0 Å². The van der Waals surface area contributed by atoms with E-state index in [-0.39, 0.29) is 16.8 Å². The van der Waals surface area contributed by atoms with Crippen LogP contribution in [0.2, 0.25) is 0 Å². The molecule has 0 amide bonds. The van der Waals surface area contributed by atoms with Gasteiger partial charge < -0.3 is 4.74 Å². The molecule has 0 radical (unpaired) electrons. The molecule has 8 aliphatic rings. The molecule has 8 rings (SSSR count). The smallest absolute Gasteiger partial charge is 0.303 e. The second kappa shape index (κ2) is 5.60. The van der Waals surface area contributed by atoms with Crippen molar-refractivity contribution in [1.82, 2.24) is 0 Å². The van der Waals surface area contributed by atoms with E-state index in [4.69, 9.17) is 4.74 Å². The third-order valence-corrected chi connectivity index (χ3v) is 9.72. The van der Waals surface area contributed by atoms with E-state index in [9.17, 15) is 9.59 Å². The molecule has 0 aromatic heterocycles. The summed E-state index contributed by atoms with van der Waals surface area (Å²) in [5, 5.41) is 0. The van der Waals surface area contributed by atoms with Crippen molar-refractivity contribution >= 4 is 11.8 Å². The highest BCUT2D eigenvalue weighted by Gasteiger charge is 2.62. The number of hydrogen-bond donors (Lipinski definition) is 0. The first-order valence-electron chi connectivity index (χ1n) is 11.6. The number of rotatable bonds is 4. The Hall–Kier alpha value is -0.860. The van der Waals surface area contributed by atoms with Crippen molar-refractivity contribution < 1.29 is 14.3 Å². The molecule has 0 aliphatic heterocycles. The van der Waals surface area contributed by atoms with Gasteiger partial charge in [0.2, 0.25) is 0 Å². The Morgan fingerprint density at radius 3 is 1.44 bits per heavy atom. The van der Waals surface area contributed by atoms with Gasteiger partial charge in [0.25, 0.3) is 0 Å². The lowest BCUT2D eigenvalue weighted by Gasteiger charge is -2.61. The molecule has 0 aromatic carbocycles. The molecule has 8 saturated carbocycles. The van der Waals surface area contributed by atoms with E-state index in [1.807, 2.05) is 0 Å². The molecule has 0 saturated heterocycles. The highest BCUT2D eigenvalue weighted by atomic mass is 16.5. The molecule has 0 aromatic rings. The molecule has 0 N–H and O–H groups in total. The first kappa shape index (κ1) is 17.0. The predicted molar refractivity (Wildman–Crippen MR) is 102 cm³/mol. The van der Waals surface area contributed by atoms with Crippen molar-refractivity contribution in [3.63, 3.8) is 0 Å². The van der Waals surface area contributed by atoms with E-state index in [0.29, 0.717) is 5.78 Å². The summed E-state index contributed by atoms with van der Waals surface area (Å²) in [6, 6.07) is 0. The average Bonchev–Trinajstić information content (AvgIpc) is 2.56. The Morgan fingerprint density at radius 2 is 1.07 bits per heavy atom. The second-order valence-electron chi connectivity index (χ2n) is 11.8. The molecule has 0 spiro atoms. The number of Topliss-reactive ketones (excluding diaryl/α,β-unsaturated/α-hetero) is 1. The van der Waals surface area contributed by atoms with Gasteiger partial charge in [-0.15, -0.1) is 0 Å². The zero-order chi connectivity index (χ0) is 18.4. The summed E-state index contributed by atoms with van der Waals surface area (Å²) in [5.41, 5.74) is -0.182. The van der Waals surface area contributed by atoms with Crippen molar-refractivity contribution in [3.8, 4) is 0 Å². The van der Waals surface area contributed by atoms with Crippen LogP contribution in [0, 0.1) is 46.3 Å². The van der Waals surface area contributed by atoms with Gasteiger partial charge in [-0.05, 0) is 113 Å². The van der Waals surface area contributed by atoms with Crippen LogP contribution in [0.25, 0.3) is 0 Å². The predicted octanol–water partition coefficient (Wildman–Crippen LogP) is 4.92. The lowest BCUT2D eigenvalue weighted by atomic mass is 9.44. The molecule has 1 unspecified atom stereocenters. The summed E-state index contributed by atoms with van der Waals surface area (Å²) in [6.07, 6.45) is 14.3. The van der Waals surface area contributed by atoms with Crippen LogP contribution < -0.4 is 0 Å². The molecule has 8 bridgehead atoms. The summed E-state index contributed by atoms with van der Waals surface area (Å²) >= 11 is 0. The zero-order valence-electron chi connectivity index (χ0n) is 16.8. The van der Waals surface area contributed by atoms with E-state index >= 15 is 0 Å². The lowest BCUT2D eigenvalue weighted by molar-refractivity contribution is -0.189. The fourth-order valence-corrected chi connectivity index (χ4v) is 9.81. The van der Waals surface area contributed by atoms with Gasteiger partial charge >= 0.3 is 5.97 Å². The zero-order valence-corrected chi connectivity index (χ0v) is 16.8. The van der Waals surface area contributed by atoms with Crippen LogP contribution in [0.5, 0.6) is 0 Å². The van der Waals surface area contributed by atoms with Crippen molar-refractivity contribution in [2.24, 2.45) is 46.3 Å². The lowest BCUT2D eigenvalue weighted by Crippen LogP contribution is -2.60. The Balaban J connectivity index is 1.35. The number of ketones is 1. The summed E-state index contributed by atoms with van der Waals surface area (Å²) in [5.74, 6) is 4.72. The summed E-state index contributed by atoms with van der Waals surface area (Å²) in [6.45, 7) is 1.51. The fraction of sp³-hybridized carbons (Fsp3) is 0.917. The van der Waals surface area contributed by atoms with Gasteiger partial charge in [0, 0.05) is 17.8 Å². The third-order valence-electron chi connectivity index (χ3n) is 9.72. The number of ether oxygens (including phenoxy) is 1. The molecule has 1 atom stereocenters. The van der Waals surface area contributed by atoms with Crippen molar-refractivity contribution in [2.75, 3.05) is 0 Å². The number of hydrogen-bond acceptors (Lipinski definition) is 3. The van der Waals surface area contributed by atoms with Crippen LogP contribution in [0.4, 0.5) is 0 Å². The summed E-state index contributed by atoms with van der Waals surface area (Å²) in [4.78, 5) is 26.3. The summed E-state index contributed by atoms with van der Waals surface area (Å²) in [7, 11) is 0. The minimum atomic E-state index is -0.445. The highest BCUT2D eigenvalue weighted by molar-refractivity contribution is 5.91. The van der Waals surface area contributed by atoms with Crippen LogP contribution in [-0.2, 0) is 14.3 Å². The van der Waals surface area contributed by atoms with Crippen molar-refractivity contribution in [3.05, 3.63) is 0 Å². The van der Waals surface area contributed by atoms with E-state index in [0.717, 1.165) is 74.0 Å². The molecule has 3 heteroatoms. The van der Waals surface area contributed by atoms with E-state index in [1.54, 1.807) is 0 Å². The van der Waals surface area contributed by atoms with Gasteiger partial charge in [-0.25, -0.2) is 0 Å². The maximum Gasteiger partial charge on any atom is 0.303 e. The van der Waals surface area contributed by atoms with Crippen molar-refractivity contribution in [1.29, 1.82) is 0 Å². The SMILES string of the molecule is CC(=O)OC(C(=O)C12CC3CC(CC(C3)C1)C2)C12CC3CC(CC(C3)C1)C2. The second-order valence-corrected chi connectivity index (χ2v) is 11.8. The molecule has 3 nitrogen and oxygen atoms in total. The van der Waals surface area contributed by atoms with Crippen molar-refractivity contribution in [2.45, 2.75) is 90.1 Å². The van der Waals surface area contributed by atoms with Crippen LogP contribution in [0.3, 0.4) is 0 Å². The highest BCUT2D eigenvalue weighted by Crippen LogP contribution is 2.65.